The van der Waals surface area contributed by atoms with Gasteiger partial charge >= 0.3 is 0 Å². The molecule has 8 nitrogen and oxygen atoms in total. The molecule has 1 fully saturated rings. The fourth-order valence-electron chi connectivity index (χ4n) is 4.19. The van der Waals surface area contributed by atoms with Gasteiger partial charge in [-0.3, -0.25) is 9.59 Å². The molecular weight excluding hydrogens is 450 g/mol. The molecule has 2 aromatic carbocycles. The third-order valence-electron chi connectivity index (χ3n) is 5.92. The average molecular weight is 484 g/mol. The number of aryl methyl sites for hydroxylation is 1. The second-order valence-corrected chi connectivity index (χ2v) is 8.28. The van der Waals surface area contributed by atoms with Crippen LogP contribution in [-0.4, -0.2) is 62.8 Å². The molecule has 1 unspecified atom stereocenters. The summed E-state index contributed by atoms with van der Waals surface area (Å²) in [5.74, 6) is 0.0553. The molecule has 1 amide bonds. The Kier molecular flexibility index (Phi) is 8.76. The zero-order valence-electron chi connectivity index (χ0n) is 20.9. The normalized spacial score (nSPS) is 17.1. The predicted molar refractivity (Wildman–Crippen MR) is 132 cm³/mol. The van der Waals surface area contributed by atoms with E-state index in [1.54, 1.807) is 43.5 Å². The topological polar surface area (TPSA) is 94.5 Å². The first-order valence-corrected chi connectivity index (χ1v) is 11.6. The van der Waals surface area contributed by atoms with Crippen LogP contribution in [0.25, 0.3) is 5.76 Å². The van der Waals surface area contributed by atoms with Crippen LogP contribution in [-0.2, 0) is 14.3 Å². The molecule has 0 saturated carbocycles. The number of ketones is 1. The van der Waals surface area contributed by atoms with Crippen LogP contribution in [0.1, 0.15) is 42.5 Å². The largest absolute Gasteiger partial charge is 0.507 e. The van der Waals surface area contributed by atoms with E-state index in [1.807, 2.05) is 13.8 Å². The molecule has 2 aromatic rings. The minimum Gasteiger partial charge on any atom is -0.507 e. The molecular formula is C27H33NO7. The van der Waals surface area contributed by atoms with Crippen LogP contribution in [0.15, 0.2) is 42.0 Å². The van der Waals surface area contributed by atoms with E-state index >= 15 is 0 Å². The monoisotopic (exact) mass is 483 g/mol. The van der Waals surface area contributed by atoms with Gasteiger partial charge in [0.05, 0.1) is 32.4 Å². The summed E-state index contributed by atoms with van der Waals surface area (Å²) in [6, 6.07) is 9.62. The lowest BCUT2D eigenvalue weighted by Gasteiger charge is -2.26. The van der Waals surface area contributed by atoms with Crippen molar-refractivity contribution >= 4 is 17.4 Å². The summed E-state index contributed by atoms with van der Waals surface area (Å²) in [7, 11) is 4.63. The highest BCUT2D eigenvalue weighted by Gasteiger charge is 2.46. The molecule has 1 aliphatic heterocycles. The van der Waals surface area contributed by atoms with Crippen molar-refractivity contribution < 1.29 is 33.6 Å². The highest BCUT2D eigenvalue weighted by molar-refractivity contribution is 6.46. The van der Waals surface area contributed by atoms with E-state index in [0.29, 0.717) is 48.0 Å². The molecule has 35 heavy (non-hydrogen) atoms. The van der Waals surface area contributed by atoms with Crippen molar-refractivity contribution in [3.05, 3.63) is 58.7 Å². The standard InChI is InChI=1S/C27H33NO7/c1-6-13-35-20-10-9-19(15-17(20)2)25(29)23-24(18-8-11-21(33-4)22(16-18)34-5)28(12-7-14-32-3)27(31)26(23)30/h8-11,15-16,24,29H,6-7,12-14H2,1-5H3/b25-23-. The summed E-state index contributed by atoms with van der Waals surface area (Å²) in [6.07, 6.45) is 1.41. The fourth-order valence-corrected chi connectivity index (χ4v) is 4.19. The Morgan fingerprint density at radius 1 is 0.971 bits per heavy atom. The van der Waals surface area contributed by atoms with Crippen molar-refractivity contribution in [2.75, 3.05) is 41.1 Å². The maximum Gasteiger partial charge on any atom is 0.295 e. The van der Waals surface area contributed by atoms with Crippen LogP contribution in [0.3, 0.4) is 0 Å². The van der Waals surface area contributed by atoms with Crippen molar-refractivity contribution in [3.63, 3.8) is 0 Å². The predicted octanol–water partition coefficient (Wildman–Crippen LogP) is 4.26. The number of amides is 1. The Hall–Kier alpha value is -3.52. The number of ether oxygens (including phenoxy) is 4. The van der Waals surface area contributed by atoms with E-state index in [4.69, 9.17) is 18.9 Å². The second-order valence-electron chi connectivity index (χ2n) is 8.28. The van der Waals surface area contributed by atoms with Crippen LogP contribution < -0.4 is 14.2 Å². The molecule has 3 rings (SSSR count). The van der Waals surface area contributed by atoms with Gasteiger partial charge in [0.2, 0.25) is 0 Å². The van der Waals surface area contributed by atoms with E-state index in [1.165, 1.54) is 19.1 Å². The van der Waals surface area contributed by atoms with Gasteiger partial charge in [-0.2, -0.15) is 0 Å². The molecule has 188 valence electrons. The van der Waals surface area contributed by atoms with E-state index in [9.17, 15) is 14.7 Å². The number of nitrogens with zero attached hydrogens (tertiary/aromatic N) is 1. The first-order valence-electron chi connectivity index (χ1n) is 11.6. The van der Waals surface area contributed by atoms with Gasteiger partial charge in [0.15, 0.2) is 11.5 Å². The second kappa shape index (κ2) is 11.8. The van der Waals surface area contributed by atoms with Gasteiger partial charge in [-0.05, 0) is 61.2 Å². The van der Waals surface area contributed by atoms with Gasteiger partial charge in [0.1, 0.15) is 11.5 Å². The first-order chi connectivity index (χ1) is 16.9. The highest BCUT2D eigenvalue weighted by atomic mass is 16.5. The number of benzene rings is 2. The van der Waals surface area contributed by atoms with E-state index in [-0.39, 0.29) is 17.9 Å². The van der Waals surface area contributed by atoms with Crippen molar-refractivity contribution in [3.8, 4) is 17.2 Å². The van der Waals surface area contributed by atoms with Crippen molar-refractivity contribution in [2.24, 2.45) is 0 Å². The summed E-state index contributed by atoms with van der Waals surface area (Å²) in [5, 5.41) is 11.3. The molecule has 1 atom stereocenters. The van der Waals surface area contributed by atoms with Crippen molar-refractivity contribution in [1.29, 1.82) is 0 Å². The Morgan fingerprint density at radius 2 is 1.69 bits per heavy atom. The summed E-state index contributed by atoms with van der Waals surface area (Å²) >= 11 is 0. The van der Waals surface area contributed by atoms with Crippen molar-refractivity contribution in [1.82, 2.24) is 4.90 Å². The van der Waals surface area contributed by atoms with Gasteiger partial charge in [-0.1, -0.05) is 13.0 Å². The molecule has 8 heteroatoms. The Labute approximate surface area is 206 Å². The average Bonchev–Trinajstić information content (AvgIpc) is 3.12. The van der Waals surface area contributed by atoms with Gasteiger partial charge in [0.25, 0.3) is 11.7 Å². The number of rotatable bonds is 11. The molecule has 0 bridgehead atoms. The number of likely N-dealkylation sites (tertiary alicyclic amines) is 1. The molecule has 0 aromatic heterocycles. The number of aliphatic hydroxyl groups is 1. The van der Waals surface area contributed by atoms with Crippen LogP contribution in [0, 0.1) is 6.92 Å². The fraction of sp³-hybridized carbons (Fsp3) is 0.407. The van der Waals surface area contributed by atoms with Gasteiger partial charge in [0, 0.05) is 25.8 Å². The number of Topliss-reactive ketones (excluding diaryl/α,β-unsaturated/α-hetero) is 1. The zero-order chi connectivity index (χ0) is 25.5. The van der Waals surface area contributed by atoms with Crippen LogP contribution >= 0.6 is 0 Å². The van der Waals surface area contributed by atoms with Gasteiger partial charge < -0.3 is 29.0 Å². The smallest absolute Gasteiger partial charge is 0.295 e. The SMILES string of the molecule is CCCOc1ccc(/C(O)=C2/C(=O)C(=O)N(CCCOC)C2c2ccc(OC)c(OC)c2)cc1C. The molecule has 0 radical (unpaired) electrons. The maximum atomic E-state index is 13.2. The first kappa shape index (κ1) is 26.1. The third kappa shape index (κ3) is 5.43. The molecule has 1 N–H and O–H groups in total. The number of carbonyl (C=O) groups is 2. The quantitative estimate of drug-likeness (QED) is 0.221. The Morgan fingerprint density at radius 3 is 2.31 bits per heavy atom. The lowest BCUT2D eigenvalue weighted by molar-refractivity contribution is -0.140. The van der Waals surface area contributed by atoms with Crippen LogP contribution in [0.4, 0.5) is 0 Å². The summed E-state index contributed by atoms with van der Waals surface area (Å²) < 4.78 is 21.6. The third-order valence-corrected chi connectivity index (χ3v) is 5.92. The maximum absolute atomic E-state index is 13.2. The number of hydrogen-bond donors (Lipinski definition) is 1. The Balaban J connectivity index is 2.12. The van der Waals surface area contributed by atoms with E-state index in [2.05, 4.69) is 0 Å². The summed E-state index contributed by atoms with van der Waals surface area (Å²) in [6.45, 7) is 5.20. The number of methoxy groups -OCH3 is 3. The molecule has 0 aliphatic carbocycles. The number of carbonyl (C=O) groups excluding carboxylic acids is 2. The van der Waals surface area contributed by atoms with Crippen LogP contribution in [0.5, 0.6) is 17.2 Å². The van der Waals surface area contributed by atoms with Crippen molar-refractivity contribution in [2.45, 2.75) is 32.7 Å². The molecule has 1 heterocycles. The molecule has 1 aliphatic rings. The highest BCUT2D eigenvalue weighted by Crippen LogP contribution is 2.42. The summed E-state index contributed by atoms with van der Waals surface area (Å²) in [5.41, 5.74) is 1.91. The number of hydrogen-bond acceptors (Lipinski definition) is 7. The van der Waals surface area contributed by atoms with Gasteiger partial charge in [-0.25, -0.2) is 0 Å². The minimum absolute atomic E-state index is 0.0289. The van der Waals surface area contributed by atoms with E-state index in [0.717, 1.165) is 12.0 Å². The molecule has 0 spiro atoms. The number of aliphatic hydroxyl groups excluding tert-OH is 1. The van der Waals surface area contributed by atoms with Gasteiger partial charge in [-0.15, -0.1) is 0 Å². The zero-order valence-corrected chi connectivity index (χ0v) is 20.9. The lowest BCUT2D eigenvalue weighted by Crippen LogP contribution is -2.31. The molecule has 1 saturated heterocycles. The minimum atomic E-state index is -0.789. The van der Waals surface area contributed by atoms with Crippen LogP contribution in [0.2, 0.25) is 0 Å². The van der Waals surface area contributed by atoms with E-state index < -0.39 is 17.7 Å². The lowest BCUT2D eigenvalue weighted by atomic mass is 9.94. The Bertz CT molecular complexity index is 1110. The summed E-state index contributed by atoms with van der Waals surface area (Å²) in [4.78, 5) is 27.7.